The minimum absolute atomic E-state index is 0.217. The van der Waals surface area contributed by atoms with Crippen molar-refractivity contribution in [1.82, 2.24) is 4.90 Å². The Bertz CT molecular complexity index is 479. The highest BCUT2D eigenvalue weighted by molar-refractivity contribution is 6.01. The van der Waals surface area contributed by atoms with E-state index in [-0.39, 0.29) is 12.5 Å². The predicted octanol–water partition coefficient (Wildman–Crippen LogP) is 2.63. The Hall–Kier alpha value is -1.92. The second-order valence-corrected chi connectivity index (χ2v) is 6.94. The molecule has 0 bridgehead atoms. The third-order valence-corrected chi connectivity index (χ3v) is 3.20. The molecule has 1 aliphatic rings. The van der Waals surface area contributed by atoms with Gasteiger partial charge < -0.3 is 4.74 Å². The number of ether oxygens (including phenoxy) is 1. The highest BCUT2D eigenvalue weighted by Crippen LogP contribution is 2.27. The molecule has 0 aliphatic carbocycles. The normalized spacial score (nSPS) is 19.6. The number of nitrogens with zero attached hydrogens (tertiary/aromatic N) is 2. The third-order valence-electron chi connectivity index (χ3n) is 3.20. The molecule has 1 heterocycles. The molecule has 0 saturated heterocycles. The van der Waals surface area contributed by atoms with E-state index in [1.165, 1.54) is 6.08 Å². The van der Waals surface area contributed by atoms with Crippen molar-refractivity contribution in [2.24, 2.45) is 11.8 Å². The topological polar surface area (TPSA) is 89.8 Å². The largest absolute Gasteiger partial charge is 0.443 e. The van der Waals surface area contributed by atoms with Crippen molar-refractivity contribution in [2.75, 3.05) is 6.54 Å². The lowest BCUT2D eigenvalue weighted by atomic mass is 9.90. The van der Waals surface area contributed by atoms with Gasteiger partial charge >= 0.3 is 6.09 Å². The maximum atomic E-state index is 12.2. The monoisotopic (exact) mass is 312 g/mol. The fourth-order valence-corrected chi connectivity index (χ4v) is 2.50. The minimum atomic E-state index is -0.760. The van der Waals surface area contributed by atoms with Crippen LogP contribution in [0.25, 0.3) is 0 Å². The van der Waals surface area contributed by atoms with Crippen LogP contribution in [0.4, 0.5) is 4.79 Å². The lowest BCUT2D eigenvalue weighted by Gasteiger charge is -2.30. The minimum Gasteiger partial charge on any atom is -0.443 e. The SMILES string of the molecule is CC(C)C[C@H](C[N+](=O)[O-])[C@H]1C=CC(=O)N1C(=O)OC(C)(C)C. The van der Waals surface area contributed by atoms with E-state index >= 15 is 0 Å². The lowest BCUT2D eigenvalue weighted by Crippen LogP contribution is -2.47. The van der Waals surface area contributed by atoms with Crippen molar-refractivity contribution in [3.8, 4) is 0 Å². The fraction of sp³-hybridized carbons (Fsp3) is 0.733. The molecule has 0 N–H and O–H groups in total. The number of carbonyl (C=O) groups is 2. The van der Waals surface area contributed by atoms with E-state index < -0.39 is 34.5 Å². The second kappa shape index (κ2) is 6.89. The molecule has 0 unspecified atom stereocenters. The molecule has 124 valence electrons. The number of hydrogen-bond donors (Lipinski definition) is 0. The summed E-state index contributed by atoms with van der Waals surface area (Å²) in [7, 11) is 0. The lowest BCUT2D eigenvalue weighted by molar-refractivity contribution is -0.489. The molecule has 0 spiro atoms. The van der Waals surface area contributed by atoms with Crippen molar-refractivity contribution >= 4 is 12.0 Å². The molecule has 2 amide bonds. The Labute approximate surface area is 130 Å². The van der Waals surface area contributed by atoms with E-state index in [0.29, 0.717) is 6.42 Å². The van der Waals surface area contributed by atoms with E-state index in [1.54, 1.807) is 26.8 Å². The van der Waals surface area contributed by atoms with E-state index in [2.05, 4.69) is 0 Å². The number of imide groups is 1. The van der Waals surface area contributed by atoms with Crippen LogP contribution in [0.5, 0.6) is 0 Å². The van der Waals surface area contributed by atoms with Gasteiger partial charge in [0.05, 0.1) is 6.04 Å². The Morgan fingerprint density at radius 1 is 1.45 bits per heavy atom. The third kappa shape index (κ3) is 5.13. The summed E-state index contributed by atoms with van der Waals surface area (Å²) in [4.78, 5) is 35.7. The molecule has 0 radical (unpaired) electrons. The Morgan fingerprint density at radius 3 is 2.50 bits per heavy atom. The van der Waals surface area contributed by atoms with Crippen LogP contribution in [0.15, 0.2) is 12.2 Å². The van der Waals surface area contributed by atoms with Gasteiger partial charge in [-0.15, -0.1) is 0 Å². The summed E-state index contributed by atoms with van der Waals surface area (Å²) >= 11 is 0. The summed E-state index contributed by atoms with van der Waals surface area (Å²) in [6, 6.07) is -0.629. The quantitative estimate of drug-likeness (QED) is 0.575. The van der Waals surface area contributed by atoms with Crippen LogP contribution in [0.3, 0.4) is 0 Å². The number of nitro groups is 1. The second-order valence-electron chi connectivity index (χ2n) is 6.94. The van der Waals surface area contributed by atoms with Gasteiger partial charge in [-0.25, -0.2) is 9.69 Å². The van der Waals surface area contributed by atoms with Crippen LogP contribution < -0.4 is 0 Å². The van der Waals surface area contributed by atoms with E-state index in [4.69, 9.17) is 4.74 Å². The van der Waals surface area contributed by atoms with Crippen molar-refractivity contribution < 1.29 is 19.2 Å². The maximum Gasteiger partial charge on any atom is 0.417 e. The van der Waals surface area contributed by atoms with Gasteiger partial charge in [0.2, 0.25) is 6.54 Å². The van der Waals surface area contributed by atoms with Crippen LogP contribution >= 0.6 is 0 Å². The molecule has 7 nitrogen and oxygen atoms in total. The van der Waals surface area contributed by atoms with Gasteiger partial charge in [0.25, 0.3) is 5.91 Å². The van der Waals surface area contributed by atoms with Crippen LogP contribution in [-0.4, -0.2) is 40.0 Å². The molecule has 0 aromatic heterocycles. The first-order valence-electron chi connectivity index (χ1n) is 7.37. The van der Waals surface area contributed by atoms with Gasteiger partial charge in [-0.05, 0) is 33.1 Å². The summed E-state index contributed by atoms with van der Waals surface area (Å²) in [6.45, 7) is 8.72. The Morgan fingerprint density at radius 2 is 2.05 bits per heavy atom. The molecule has 2 atom stereocenters. The van der Waals surface area contributed by atoms with Crippen LogP contribution in [-0.2, 0) is 9.53 Å². The number of hydrogen-bond acceptors (Lipinski definition) is 5. The van der Waals surface area contributed by atoms with Crippen LogP contribution in [0.2, 0.25) is 0 Å². The first-order valence-corrected chi connectivity index (χ1v) is 7.37. The molecule has 0 aromatic rings. The zero-order valence-electron chi connectivity index (χ0n) is 13.7. The molecular formula is C15H24N2O5. The molecule has 0 aromatic carbocycles. The van der Waals surface area contributed by atoms with E-state index in [1.807, 2.05) is 13.8 Å². The molecular weight excluding hydrogens is 288 g/mol. The zero-order chi connectivity index (χ0) is 17.1. The summed E-state index contributed by atoms with van der Waals surface area (Å²) in [6.07, 6.45) is 2.62. The molecule has 1 rings (SSSR count). The van der Waals surface area contributed by atoms with E-state index in [9.17, 15) is 19.7 Å². The van der Waals surface area contributed by atoms with Gasteiger partial charge in [0, 0.05) is 16.9 Å². The molecule has 0 saturated carbocycles. The fourth-order valence-electron chi connectivity index (χ4n) is 2.50. The number of amides is 2. The van der Waals surface area contributed by atoms with E-state index in [0.717, 1.165) is 4.90 Å². The van der Waals surface area contributed by atoms with Gasteiger partial charge in [0.15, 0.2) is 0 Å². The number of carbonyl (C=O) groups excluding carboxylic acids is 2. The summed E-state index contributed by atoms with van der Waals surface area (Å²) in [5.41, 5.74) is -0.735. The summed E-state index contributed by atoms with van der Waals surface area (Å²) < 4.78 is 5.24. The Balaban J connectivity index is 2.97. The Kier molecular flexibility index (Phi) is 5.68. The summed E-state index contributed by atoms with van der Waals surface area (Å²) in [5, 5.41) is 10.9. The maximum absolute atomic E-state index is 12.2. The van der Waals surface area contributed by atoms with Gasteiger partial charge in [-0.1, -0.05) is 19.9 Å². The molecule has 22 heavy (non-hydrogen) atoms. The zero-order valence-corrected chi connectivity index (χ0v) is 13.7. The van der Waals surface area contributed by atoms with Crippen molar-refractivity contribution in [3.63, 3.8) is 0 Å². The van der Waals surface area contributed by atoms with Crippen molar-refractivity contribution in [2.45, 2.75) is 52.7 Å². The highest BCUT2D eigenvalue weighted by atomic mass is 16.6. The van der Waals surface area contributed by atoms with Crippen molar-refractivity contribution in [1.29, 1.82) is 0 Å². The average Bonchev–Trinajstić information content (AvgIpc) is 2.66. The molecule has 7 heteroatoms. The predicted molar refractivity (Wildman–Crippen MR) is 80.8 cm³/mol. The number of rotatable bonds is 5. The van der Waals surface area contributed by atoms with Gasteiger partial charge in [-0.3, -0.25) is 14.9 Å². The van der Waals surface area contributed by atoms with Crippen molar-refractivity contribution in [3.05, 3.63) is 22.3 Å². The average molecular weight is 312 g/mol. The summed E-state index contributed by atoms with van der Waals surface area (Å²) in [5.74, 6) is -0.698. The van der Waals surface area contributed by atoms with Gasteiger partial charge in [-0.2, -0.15) is 0 Å². The molecule has 1 aliphatic heterocycles. The standard InChI is InChI=1S/C15H24N2O5/c1-10(2)8-11(9-16(20)21)12-6-7-13(18)17(12)14(19)22-15(3,4)5/h6-7,10-12H,8-9H2,1-5H3/t11-,12-/m1/s1. The van der Waals surface area contributed by atoms with Crippen LogP contribution in [0.1, 0.15) is 41.0 Å². The van der Waals surface area contributed by atoms with Gasteiger partial charge in [0.1, 0.15) is 5.60 Å². The first-order chi connectivity index (χ1) is 10.0. The first kappa shape index (κ1) is 18.1. The highest BCUT2D eigenvalue weighted by Gasteiger charge is 2.41. The van der Waals surface area contributed by atoms with Crippen LogP contribution in [0, 0.1) is 22.0 Å². The smallest absolute Gasteiger partial charge is 0.417 e. The molecule has 0 fully saturated rings.